The lowest BCUT2D eigenvalue weighted by Gasteiger charge is -2.09. The minimum Gasteiger partial charge on any atom is -0.379 e. The van der Waals surface area contributed by atoms with Crippen LogP contribution in [0.3, 0.4) is 0 Å². The van der Waals surface area contributed by atoms with Crippen molar-refractivity contribution >= 4 is 16.9 Å². The maximum Gasteiger partial charge on any atom is 0.269 e. The van der Waals surface area contributed by atoms with Crippen LogP contribution in [0.5, 0.6) is 0 Å². The summed E-state index contributed by atoms with van der Waals surface area (Å²) in [6.45, 7) is 3.20. The highest BCUT2D eigenvalue weighted by atomic mass is 32.2. The van der Waals surface area contributed by atoms with Gasteiger partial charge in [0, 0.05) is 24.2 Å². The molecule has 0 spiro atoms. The van der Waals surface area contributed by atoms with Crippen LogP contribution in [0.4, 0.5) is 0 Å². The monoisotopic (exact) mass is 344 g/mol. The summed E-state index contributed by atoms with van der Waals surface area (Å²) in [7, 11) is 0. The molecule has 24 heavy (non-hydrogen) atoms. The van der Waals surface area contributed by atoms with E-state index in [4.69, 9.17) is 5.73 Å². The van der Waals surface area contributed by atoms with Gasteiger partial charge in [0.05, 0.1) is 5.69 Å². The van der Waals surface area contributed by atoms with Gasteiger partial charge in [-0.05, 0) is 38.5 Å². The molecule has 0 saturated carbocycles. The molecule has 0 unspecified atom stereocenters. The standard InChI is InChI=1S/C18H24N4OS/c1-14-13-16(15-9-5-3-6-10-15)21-22(17(14)23)12-8-4-7-11-20-18(19)24-2/h3,5-6,9-10,13H,4,7-8,11-12H2,1-2H3,(H2,19,20). The number of hydrogen-bond donors (Lipinski definition) is 1. The van der Waals surface area contributed by atoms with Crippen LogP contribution in [0.2, 0.25) is 0 Å². The van der Waals surface area contributed by atoms with Crippen molar-refractivity contribution in [1.82, 2.24) is 9.78 Å². The van der Waals surface area contributed by atoms with Crippen LogP contribution in [-0.4, -0.2) is 27.7 Å². The molecule has 0 aliphatic rings. The zero-order valence-corrected chi connectivity index (χ0v) is 15.1. The van der Waals surface area contributed by atoms with E-state index in [1.807, 2.05) is 49.6 Å². The van der Waals surface area contributed by atoms with Crippen molar-refractivity contribution in [3.63, 3.8) is 0 Å². The Balaban J connectivity index is 1.98. The van der Waals surface area contributed by atoms with Crippen LogP contribution >= 0.6 is 11.8 Å². The topological polar surface area (TPSA) is 73.3 Å². The first-order valence-electron chi connectivity index (χ1n) is 8.10. The molecule has 0 saturated heterocycles. The normalized spacial score (nSPS) is 11.7. The molecule has 1 aromatic carbocycles. The lowest BCUT2D eigenvalue weighted by molar-refractivity contribution is 0.523. The van der Waals surface area contributed by atoms with Gasteiger partial charge >= 0.3 is 0 Å². The van der Waals surface area contributed by atoms with Crippen LogP contribution in [0.1, 0.15) is 24.8 Å². The predicted octanol–water partition coefficient (Wildman–Crippen LogP) is 3.07. The second kappa shape index (κ2) is 9.27. The SMILES string of the molecule is CSC(N)=NCCCCCn1nc(-c2ccccc2)cc(C)c1=O. The molecule has 2 N–H and O–H groups in total. The molecule has 0 aliphatic heterocycles. The number of nitrogens with zero attached hydrogens (tertiary/aromatic N) is 3. The van der Waals surface area contributed by atoms with Crippen LogP contribution in [0, 0.1) is 6.92 Å². The van der Waals surface area contributed by atoms with Crippen molar-refractivity contribution in [2.75, 3.05) is 12.8 Å². The van der Waals surface area contributed by atoms with Crippen LogP contribution in [-0.2, 0) is 6.54 Å². The number of aliphatic imine (C=N–C) groups is 1. The van der Waals surface area contributed by atoms with E-state index in [9.17, 15) is 4.79 Å². The van der Waals surface area contributed by atoms with Crippen molar-refractivity contribution in [2.45, 2.75) is 32.7 Å². The molecule has 1 heterocycles. The predicted molar refractivity (Wildman–Crippen MR) is 103 cm³/mol. The van der Waals surface area contributed by atoms with Gasteiger partial charge in [0.15, 0.2) is 5.17 Å². The fourth-order valence-electron chi connectivity index (χ4n) is 2.38. The van der Waals surface area contributed by atoms with Gasteiger partial charge in [-0.3, -0.25) is 9.79 Å². The minimum atomic E-state index is -0.0145. The molecule has 2 rings (SSSR count). The van der Waals surface area contributed by atoms with Gasteiger partial charge in [-0.2, -0.15) is 5.10 Å². The van der Waals surface area contributed by atoms with E-state index in [-0.39, 0.29) is 5.56 Å². The molecule has 2 aromatic rings. The Morgan fingerprint density at radius 1 is 1.25 bits per heavy atom. The molecule has 0 amide bonds. The number of benzene rings is 1. The number of thioether (sulfide) groups is 1. The second-order valence-electron chi connectivity index (χ2n) is 5.59. The maximum atomic E-state index is 12.3. The van der Waals surface area contributed by atoms with E-state index in [1.165, 1.54) is 11.8 Å². The molecule has 0 bridgehead atoms. The molecule has 6 heteroatoms. The first-order valence-corrected chi connectivity index (χ1v) is 9.32. The summed E-state index contributed by atoms with van der Waals surface area (Å²) < 4.78 is 1.58. The highest BCUT2D eigenvalue weighted by molar-refractivity contribution is 8.13. The third-order valence-electron chi connectivity index (χ3n) is 3.73. The van der Waals surface area contributed by atoms with Crippen LogP contribution in [0.25, 0.3) is 11.3 Å². The summed E-state index contributed by atoms with van der Waals surface area (Å²) in [5.41, 5.74) is 8.22. The summed E-state index contributed by atoms with van der Waals surface area (Å²) in [5, 5.41) is 5.14. The molecular weight excluding hydrogens is 320 g/mol. The summed E-state index contributed by atoms with van der Waals surface area (Å²) >= 11 is 1.46. The number of hydrogen-bond acceptors (Lipinski definition) is 4. The van der Waals surface area contributed by atoms with E-state index in [1.54, 1.807) is 4.68 Å². The van der Waals surface area contributed by atoms with Crippen molar-refractivity contribution in [3.8, 4) is 11.3 Å². The Morgan fingerprint density at radius 2 is 2.00 bits per heavy atom. The number of aromatic nitrogens is 2. The molecule has 5 nitrogen and oxygen atoms in total. The van der Waals surface area contributed by atoms with Crippen LogP contribution in [0.15, 0.2) is 46.2 Å². The zero-order valence-electron chi connectivity index (χ0n) is 14.2. The first kappa shape index (κ1) is 18.3. The average Bonchev–Trinajstić information content (AvgIpc) is 2.61. The average molecular weight is 344 g/mol. The van der Waals surface area contributed by atoms with Crippen molar-refractivity contribution in [1.29, 1.82) is 0 Å². The lowest BCUT2D eigenvalue weighted by Crippen LogP contribution is -2.25. The fourth-order valence-corrected chi connectivity index (χ4v) is 2.60. The lowest BCUT2D eigenvalue weighted by atomic mass is 10.1. The number of rotatable bonds is 7. The Morgan fingerprint density at radius 3 is 2.71 bits per heavy atom. The quantitative estimate of drug-likeness (QED) is 0.476. The van der Waals surface area contributed by atoms with Crippen molar-refractivity contribution in [2.24, 2.45) is 10.7 Å². The van der Waals surface area contributed by atoms with Crippen molar-refractivity contribution < 1.29 is 0 Å². The van der Waals surface area contributed by atoms with Gasteiger partial charge in [0.2, 0.25) is 0 Å². The molecule has 128 valence electrons. The highest BCUT2D eigenvalue weighted by Gasteiger charge is 2.06. The van der Waals surface area contributed by atoms with Crippen molar-refractivity contribution in [3.05, 3.63) is 52.3 Å². The largest absolute Gasteiger partial charge is 0.379 e. The summed E-state index contributed by atoms with van der Waals surface area (Å²) in [6.07, 6.45) is 4.78. The smallest absolute Gasteiger partial charge is 0.269 e. The number of unbranched alkanes of at least 4 members (excludes halogenated alkanes) is 2. The highest BCUT2D eigenvalue weighted by Crippen LogP contribution is 2.15. The second-order valence-corrected chi connectivity index (χ2v) is 6.42. The third kappa shape index (κ3) is 5.23. The number of aryl methyl sites for hydroxylation is 2. The van der Waals surface area contributed by atoms with Gasteiger partial charge < -0.3 is 5.73 Å². The van der Waals surface area contributed by atoms with E-state index in [2.05, 4.69) is 10.1 Å². The third-order valence-corrected chi connectivity index (χ3v) is 4.28. The van der Waals surface area contributed by atoms with Gasteiger partial charge in [0.25, 0.3) is 5.56 Å². The number of nitrogens with two attached hydrogens (primary N) is 1. The molecule has 0 radical (unpaired) electrons. The minimum absolute atomic E-state index is 0.0145. The zero-order chi connectivity index (χ0) is 17.4. The van der Waals surface area contributed by atoms with Gasteiger partial charge in [0.1, 0.15) is 0 Å². The van der Waals surface area contributed by atoms with Gasteiger partial charge in [-0.1, -0.05) is 42.1 Å². The summed E-state index contributed by atoms with van der Waals surface area (Å²) in [6, 6.07) is 11.8. The first-order chi connectivity index (χ1) is 11.6. The summed E-state index contributed by atoms with van der Waals surface area (Å²) in [5.74, 6) is 0. The van der Waals surface area contributed by atoms with E-state index >= 15 is 0 Å². The van der Waals surface area contributed by atoms with Gasteiger partial charge in [-0.15, -0.1) is 0 Å². The molecule has 0 aliphatic carbocycles. The Bertz CT molecular complexity index is 740. The summed E-state index contributed by atoms with van der Waals surface area (Å²) in [4.78, 5) is 16.5. The Kier molecular flexibility index (Phi) is 7.06. The van der Waals surface area contributed by atoms with E-state index < -0.39 is 0 Å². The molecular formula is C18H24N4OS. The van der Waals surface area contributed by atoms with E-state index in [0.717, 1.165) is 42.6 Å². The molecule has 0 fully saturated rings. The van der Waals surface area contributed by atoms with Gasteiger partial charge in [-0.25, -0.2) is 4.68 Å². The van der Waals surface area contributed by atoms with Crippen LogP contribution < -0.4 is 11.3 Å². The number of amidine groups is 1. The Hall–Kier alpha value is -2.08. The van der Waals surface area contributed by atoms with E-state index in [0.29, 0.717) is 11.7 Å². The Labute approximate surface area is 147 Å². The fraction of sp³-hybridized carbons (Fsp3) is 0.389. The molecule has 1 aromatic heterocycles. The maximum absolute atomic E-state index is 12.3. The molecule has 0 atom stereocenters.